The van der Waals surface area contributed by atoms with Gasteiger partial charge in [0, 0.05) is 6.54 Å². The largest absolute Gasteiger partial charge is 0.362 e. The van der Waals surface area contributed by atoms with E-state index in [0.717, 1.165) is 0 Å². The molecule has 0 bridgehead atoms. The van der Waals surface area contributed by atoms with Crippen LogP contribution >= 0.6 is 0 Å². The quantitative estimate of drug-likeness (QED) is 0.580. The highest BCUT2D eigenvalue weighted by Crippen LogP contribution is 2.08. The molecule has 0 aromatic heterocycles. The van der Waals surface area contributed by atoms with Crippen LogP contribution in [0.5, 0.6) is 0 Å². The van der Waals surface area contributed by atoms with Gasteiger partial charge in [-0.3, -0.25) is 14.5 Å². The van der Waals surface area contributed by atoms with E-state index in [1.807, 2.05) is 6.92 Å². The summed E-state index contributed by atoms with van der Waals surface area (Å²) in [7, 11) is 0. The second-order valence-electron chi connectivity index (χ2n) is 2.95. The smallest absolute Gasteiger partial charge is 0.255 e. The van der Waals surface area contributed by atoms with Crippen LogP contribution in [-0.4, -0.2) is 42.5 Å². The highest BCUT2D eigenvalue weighted by molar-refractivity contribution is 5.98. The van der Waals surface area contributed by atoms with Crippen molar-refractivity contribution >= 4 is 11.8 Å². The van der Waals surface area contributed by atoms with E-state index in [4.69, 9.17) is 10.5 Å². The number of amides is 2. The van der Waals surface area contributed by atoms with Gasteiger partial charge in [0.05, 0.1) is 6.04 Å². The van der Waals surface area contributed by atoms with Crippen molar-refractivity contribution in [2.45, 2.75) is 19.4 Å². The molecule has 13 heavy (non-hydrogen) atoms. The van der Waals surface area contributed by atoms with Crippen molar-refractivity contribution in [2.75, 3.05) is 19.8 Å². The number of nitrogens with zero attached hydrogens (tertiary/aromatic N) is 1. The van der Waals surface area contributed by atoms with E-state index in [9.17, 15) is 9.59 Å². The lowest BCUT2D eigenvalue weighted by Gasteiger charge is -2.31. The summed E-state index contributed by atoms with van der Waals surface area (Å²) < 4.78 is 4.78. The Morgan fingerprint density at radius 2 is 2.00 bits per heavy atom. The minimum atomic E-state index is -0.284. The molecular weight excluding hydrogens is 172 g/mol. The molecule has 0 aromatic carbocycles. The summed E-state index contributed by atoms with van der Waals surface area (Å²) in [5.41, 5.74) is 5.45. The fourth-order valence-corrected chi connectivity index (χ4v) is 1.37. The Kier molecular flexibility index (Phi) is 3.39. The van der Waals surface area contributed by atoms with Gasteiger partial charge in [-0.15, -0.1) is 0 Å². The van der Waals surface area contributed by atoms with Crippen LogP contribution in [-0.2, 0) is 14.3 Å². The predicted octanol–water partition coefficient (Wildman–Crippen LogP) is -0.891. The van der Waals surface area contributed by atoms with Crippen molar-refractivity contribution in [1.29, 1.82) is 0 Å². The fourth-order valence-electron chi connectivity index (χ4n) is 1.37. The van der Waals surface area contributed by atoms with E-state index in [1.165, 1.54) is 4.90 Å². The van der Waals surface area contributed by atoms with Crippen LogP contribution in [0.3, 0.4) is 0 Å². The summed E-state index contributed by atoms with van der Waals surface area (Å²) in [4.78, 5) is 23.8. The summed E-state index contributed by atoms with van der Waals surface area (Å²) in [6, 6.07) is -0.177. The van der Waals surface area contributed by atoms with Crippen molar-refractivity contribution in [3.8, 4) is 0 Å². The number of hydrogen-bond acceptors (Lipinski definition) is 4. The second kappa shape index (κ2) is 4.34. The zero-order chi connectivity index (χ0) is 9.84. The van der Waals surface area contributed by atoms with Crippen LogP contribution in [0.1, 0.15) is 13.3 Å². The SMILES string of the molecule is CCC(CN)N1C(=O)COCC1=O. The average molecular weight is 186 g/mol. The summed E-state index contributed by atoms with van der Waals surface area (Å²) in [5.74, 6) is -0.567. The molecule has 0 aromatic rings. The number of carbonyl (C=O) groups excluding carboxylic acids is 2. The summed E-state index contributed by atoms with van der Waals surface area (Å²) >= 11 is 0. The first kappa shape index (κ1) is 10.1. The molecule has 0 spiro atoms. The monoisotopic (exact) mass is 186 g/mol. The van der Waals surface area contributed by atoms with E-state index in [2.05, 4.69) is 0 Å². The number of ether oxygens (including phenoxy) is 1. The Morgan fingerprint density at radius 3 is 2.38 bits per heavy atom. The Hall–Kier alpha value is -0.940. The average Bonchev–Trinajstić information content (AvgIpc) is 2.11. The first-order chi connectivity index (χ1) is 6.20. The topological polar surface area (TPSA) is 72.6 Å². The van der Waals surface area contributed by atoms with Crippen molar-refractivity contribution in [3.05, 3.63) is 0 Å². The lowest BCUT2D eigenvalue weighted by atomic mass is 10.2. The third kappa shape index (κ3) is 2.05. The maximum absolute atomic E-state index is 11.3. The second-order valence-corrected chi connectivity index (χ2v) is 2.95. The minimum Gasteiger partial charge on any atom is -0.362 e. The Labute approximate surface area is 76.8 Å². The first-order valence-electron chi connectivity index (χ1n) is 4.33. The molecule has 2 amide bonds. The number of hydrogen-bond donors (Lipinski definition) is 1. The summed E-state index contributed by atoms with van der Waals surface area (Å²) in [5, 5.41) is 0. The lowest BCUT2D eigenvalue weighted by Crippen LogP contribution is -2.53. The molecule has 0 aliphatic carbocycles. The predicted molar refractivity (Wildman–Crippen MR) is 45.8 cm³/mol. The molecule has 0 saturated carbocycles. The van der Waals surface area contributed by atoms with Gasteiger partial charge < -0.3 is 10.5 Å². The molecule has 5 nitrogen and oxygen atoms in total. The molecule has 74 valence electrons. The zero-order valence-corrected chi connectivity index (χ0v) is 7.66. The van der Waals surface area contributed by atoms with Crippen LogP contribution < -0.4 is 5.73 Å². The summed E-state index contributed by atoms with van der Waals surface area (Å²) in [6.45, 7) is 2.19. The van der Waals surface area contributed by atoms with Gasteiger partial charge in [0.15, 0.2) is 0 Å². The van der Waals surface area contributed by atoms with Crippen LogP contribution in [0.15, 0.2) is 0 Å². The third-order valence-electron chi connectivity index (χ3n) is 2.10. The van der Waals surface area contributed by atoms with Gasteiger partial charge in [0.25, 0.3) is 11.8 Å². The highest BCUT2D eigenvalue weighted by Gasteiger charge is 2.31. The molecule has 1 unspecified atom stereocenters. The first-order valence-corrected chi connectivity index (χ1v) is 4.33. The molecule has 5 heteroatoms. The normalized spacial score (nSPS) is 20.6. The van der Waals surface area contributed by atoms with E-state index in [-0.39, 0.29) is 31.1 Å². The molecule has 1 saturated heterocycles. The van der Waals surface area contributed by atoms with Gasteiger partial charge >= 0.3 is 0 Å². The number of carbonyl (C=O) groups is 2. The van der Waals surface area contributed by atoms with E-state index >= 15 is 0 Å². The van der Waals surface area contributed by atoms with Gasteiger partial charge in [-0.25, -0.2) is 0 Å². The lowest BCUT2D eigenvalue weighted by molar-refractivity contribution is -0.161. The number of rotatable bonds is 3. The maximum Gasteiger partial charge on any atom is 0.255 e. The molecule has 1 heterocycles. The van der Waals surface area contributed by atoms with E-state index < -0.39 is 0 Å². The van der Waals surface area contributed by atoms with Crippen LogP contribution in [0.2, 0.25) is 0 Å². The Bertz CT molecular complexity index is 197. The fraction of sp³-hybridized carbons (Fsp3) is 0.750. The van der Waals surface area contributed by atoms with Gasteiger partial charge in [-0.2, -0.15) is 0 Å². The van der Waals surface area contributed by atoms with Crippen LogP contribution in [0.25, 0.3) is 0 Å². The number of nitrogens with two attached hydrogens (primary N) is 1. The maximum atomic E-state index is 11.3. The molecular formula is C8H14N2O3. The van der Waals surface area contributed by atoms with Crippen LogP contribution in [0.4, 0.5) is 0 Å². The van der Waals surface area contributed by atoms with E-state index in [0.29, 0.717) is 13.0 Å². The molecule has 1 atom stereocenters. The molecule has 1 fully saturated rings. The molecule has 1 aliphatic rings. The van der Waals surface area contributed by atoms with Crippen molar-refractivity contribution in [3.63, 3.8) is 0 Å². The molecule has 0 radical (unpaired) electrons. The van der Waals surface area contributed by atoms with Crippen LogP contribution in [0, 0.1) is 0 Å². The van der Waals surface area contributed by atoms with Crippen molar-refractivity contribution in [1.82, 2.24) is 4.90 Å². The molecule has 1 rings (SSSR count). The van der Waals surface area contributed by atoms with Gasteiger partial charge in [-0.05, 0) is 6.42 Å². The zero-order valence-electron chi connectivity index (χ0n) is 7.66. The standard InChI is InChI=1S/C8H14N2O3/c1-2-6(3-9)10-7(11)4-13-5-8(10)12/h6H,2-5,9H2,1H3. The highest BCUT2D eigenvalue weighted by atomic mass is 16.5. The minimum absolute atomic E-state index is 0.0117. The molecule has 1 aliphatic heterocycles. The third-order valence-corrected chi connectivity index (χ3v) is 2.10. The van der Waals surface area contributed by atoms with E-state index in [1.54, 1.807) is 0 Å². The van der Waals surface area contributed by atoms with Gasteiger partial charge in [0.1, 0.15) is 13.2 Å². The molecule has 2 N–H and O–H groups in total. The van der Waals surface area contributed by atoms with Gasteiger partial charge in [-0.1, -0.05) is 6.92 Å². The van der Waals surface area contributed by atoms with Crippen molar-refractivity contribution < 1.29 is 14.3 Å². The van der Waals surface area contributed by atoms with Gasteiger partial charge in [0.2, 0.25) is 0 Å². The Morgan fingerprint density at radius 1 is 1.46 bits per heavy atom. The van der Waals surface area contributed by atoms with Crippen molar-refractivity contribution in [2.24, 2.45) is 5.73 Å². The number of imide groups is 1. The summed E-state index contributed by atoms with van der Waals surface area (Å²) in [6.07, 6.45) is 0.688. The number of morpholine rings is 1. The Balaban J connectivity index is 2.72.